The molecule has 2 amide bonds. The third-order valence-corrected chi connectivity index (χ3v) is 6.10. The Bertz CT molecular complexity index is 896. The molecule has 1 aromatic heterocycles. The summed E-state index contributed by atoms with van der Waals surface area (Å²) in [6.07, 6.45) is 2.02. The highest BCUT2D eigenvalue weighted by atomic mass is 32.2. The Hall–Kier alpha value is -2.68. The smallest absolute Gasteiger partial charge is 0.268 e. The van der Waals surface area contributed by atoms with Gasteiger partial charge < -0.3 is 15.2 Å². The van der Waals surface area contributed by atoms with Crippen molar-refractivity contribution in [1.29, 1.82) is 0 Å². The minimum atomic E-state index is -3.48. The molecule has 8 nitrogen and oxygen atoms in total. The van der Waals surface area contributed by atoms with Crippen LogP contribution in [0, 0.1) is 0 Å². The van der Waals surface area contributed by atoms with Gasteiger partial charge in [0, 0.05) is 38.7 Å². The minimum absolute atomic E-state index is 0.0634. The minimum Gasteiger partial charge on any atom is -0.364 e. The Morgan fingerprint density at radius 2 is 1.85 bits per heavy atom. The van der Waals surface area contributed by atoms with Gasteiger partial charge in [0.25, 0.3) is 5.91 Å². The topological polar surface area (TPSA) is 115 Å². The van der Waals surface area contributed by atoms with Crippen LogP contribution in [0.5, 0.6) is 0 Å². The summed E-state index contributed by atoms with van der Waals surface area (Å²) in [6.45, 7) is 1.36. The molecule has 0 saturated heterocycles. The van der Waals surface area contributed by atoms with Crippen molar-refractivity contribution in [1.82, 2.24) is 14.5 Å². The Labute approximate surface area is 151 Å². The van der Waals surface area contributed by atoms with Gasteiger partial charge in [-0.2, -0.15) is 0 Å². The van der Waals surface area contributed by atoms with Crippen LogP contribution in [0.4, 0.5) is 0 Å². The molecule has 0 bridgehead atoms. The van der Waals surface area contributed by atoms with Gasteiger partial charge in [-0.15, -0.1) is 0 Å². The van der Waals surface area contributed by atoms with Crippen LogP contribution in [0.25, 0.3) is 0 Å². The normalized spacial score (nSPS) is 14.5. The van der Waals surface area contributed by atoms with Crippen LogP contribution >= 0.6 is 0 Å². The first-order chi connectivity index (χ1) is 12.4. The standard InChI is InChI=1S/C17H20N4O4S/c18-17(23)14-12-21-10-9-20(8-6-15(21)19-14)16(22)7-11-26(24,25)13-4-2-1-3-5-13/h1-5,12H,6-11H2,(H2,18,23). The van der Waals surface area contributed by atoms with Crippen LogP contribution in [0.3, 0.4) is 0 Å². The lowest BCUT2D eigenvalue weighted by atomic mass is 10.3. The van der Waals surface area contributed by atoms with E-state index in [0.717, 1.165) is 0 Å². The number of imidazole rings is 1. The van der Waals surface area contributed by atoms with Crippen LogP contribution < -0.4 is 5.73 Å². The molecule has 0 aliphatic carbocycles. The van der Waals surface area contributed by atoms with E-state index in [0.29, 0.717) is 31.9 Å². The average molecular weight is 376 g/mol. The predicted molar refractivity (Wildman–Crippen MR) is 94.1 cm³/mol. The summed E-state index contributed by atoms with van der Waals surface area (Å²) in [7, 11) is -3.48. The Morgan fingerprint density at radius 1 is 1.12 bits per heavy atom. The van der Waals surface area contributed by atoms with Crippen molar-refractivity contribution in [2.45, 2.75) is 24.3 Å². The molecule has 2 heterocycles. The third-order valence-electron chi connectivity index (χ3n) is 4.37. The first kappa shape index (κ1) is 18.1. The zero-order valence-corrected chi connectivity index (χ0v) is 15.0. The van der Waals surface area contributed by atoms with E-state index in [-0.39, 0.29) is 28.7 Å². The Balaban J connectivity index is 1.59. The van der Waals surface area contributed by atoms with Gasteiger partial charge in [0.1, 0.15) is 11.5 Å². The average Bonchev–Trinajstić information content (AvgIpc) is 2.94. The summed E-state index contributed by atoms with van der Waals surface area (Å²) in [5, 5.41) is 0. The van der Waals surface area contributed by atoms with E-state index in [9.17, 15) is 18.0 Å². The third kappa shape index (κ3) is 3.93. The second-order valence-electron chi connectivity index (χ2n) is 6.11. The van der Waals surface area contributed by atoms with Gasteiger partial charge in [-0.3, -0.25) is 9.59 Å². The fraction of sp³-hybridized carbons (Fsp3) is 0.353. The van der Waals surface area contributed by atoms with Crippen molar-refractivity contribution < 1.29 is 18.0 Å². The van der Waals surface area contributed by atoms with E-state index in [4.69, 9.17) is 5.73 Å². The molecule has 9 heteroatoms. The molecule has 2 aromatic rings. The maximum Gasteiger partial charge on any atom is 0.268 e. The molecule has 0 spiro atoms. The van der Waals surface area contributed by atoms with Gasteiger partial charge in [0.15, 0.2) is 9.84 Å². The molecule has 1 aliphatic heterocycles. The second kappa shape index (κ2) is 7.28. The monoisotopic (exact) mass is 376 g/mol. The molecule has 0 atom stereocenters. The number of benzene rings is 1. The maximum absolute atomic E-state index is 12.4. The zero-order chi connectivity index (χ0) is 18.7. The molecule has 0 radical (unpaired) electrons. The lowest BCUT2D eigenvalue weighted by Crippen LogP contribution is -2.34. The van der Waals surface area contributed by atoms with Crippen LogP contribution in [0.15, 0.2) is 41.4 Å². The van der Waals surface area contributed by atoms with Crippen LogP contribution in [0.1, 0.15) is 22.7 Å². The highest BCUT2D eigenvalue weighted by molar-refractivity contribution is 7.91. The van der Waals surface area contributed by atoms with Gasteiger partial charge in [0.2, 0.25) is 5.91 Å². The van der Waals surface area contributed by atoms with Crippen LogP contribution in [-0.2, 0) is 27.6 Å². The lowest BCUT2D eigenvalue weighted by Gasteiger charge is -2.20. The van der Waals surface area contributed by atoms with Gasteiger partial charge in [-0.1, -0.05) is 18.2 Å². The number of rotatable bonds is 5. The van der Waals surface area contributed by atoms with Crippen molar-refractivity contribution in [2.24, 2.45) is 5.73 Å². The van der Waals surface area contributed by atoms with E-state index in [1.807, 2.05) is 4.57 Å². The number of amides is 2. The number of sulfone groups is 1. The number of carbonyl (C=O) groups is 2. The number of carbonyl (C=O) groups excluding carboxylic acids is 2. The number of aromatic nitrogens is 2. The number of nitrogens with two attached hydrogens (primary N) is 1. The summed E-state index contributed by atoms with van der Waals surface area (Å²) in [6, 6.07) is 8.12. The van der Waals surface area contributed by atoms with E-state index >= 15 is 0 Å². The van der Waals surface area contributed by atoms with E-state index in [1.165, 1.54) is 12.1 Å². The quantitative estimate of drug-likeness (QED) is 0.802. The maximum atomic E-state index is 12.4. The van der Waals surface area contributed by atoms with Crippen molar-refractivity contribution in [3.63, 3.8) is 0 Å². The fourth-order valence-electron chi connectivity index (χ4n) is 2.92. The van der Waals surface area contributed by atoms with E-state index in [1.54, 1.807) is 29.3 Å². The number of hydrogen-bond donors (Lipinski definition) is 1. The summed E-state index contributed by atoms with van der Waals surface area (Å²) in [5.74, 6) is -0.302. The molecular weight excluding hydrogens is 356 g/mol. The first-order valence-corrected chi connectivity index (χ1v) is 9.93. The number of primary amides is 1. The van der Waals surface area contributed by atoms with Gasteiger partial charge in [0.05, 0.1) is 10.6 Å². The molecule has 26 heavy (non-hydrogen) atoms. The Kier molecular flexibility index (Phi) is 5.08. The van der Waals surface area contributed by atoms with Crippen molar-refractivity contribution in [3.05, 3.63) is 48.0 Å². The molecule has 1 aliphatic rings. The highest BCUT2D eigenvalue weighted by Crippen LogP contribution is 2.14. The molecule has 3 rings (SSSR count). The van der Waals surface area contributed by atoms with Crippen LogP contribution in [0.2, 0.25) is 0 Å². The largest absolute Gasteiger partial charge is 0.364 e. The summed E-state index contributed by atoms with van der Waals surface area (Å²) in [4.78, 5) is 29.7. The van der Waals surface area contributed by atoms with E-state index < -0.39 is 15.7 Å². The highest BCUT2D eigenvalue weighted by Gasteiger charge is 2.23. The van der Waals surface area contributed by atoms with Gasteiger partial charge >= 0.3 is 0 Å². The van der Waals surface area contributed by atoms with Crippen molar-refractivity contribution in [2.75, 3.05) is 18.8 Å². The SMILES string of the molecule is NC(=O)c1cn2c(n1)CCN(C(=O)CCS(=O)(=O)c1ccccc1)CC2. The predicted octanol–water partition coefficient (Wildman–Crippen LogP) is 0.231. The lowest BCUT2D eigenvalue weighted by molar-refractivity contribution is -0.130. The van der Waals surface area contributed by atoms with Crippen molar-refractivity contribution >= 4 is 21.7 Å². The number of hydrogen-bond acceptors (Lipinski definition) is 5. The Morgan fingerprint density at radius 3 is 2.54 bits per heavy atom. The molecular formula is C17H20N4O4S. The molecule has 0 fully saturated rings. The molecule has 0 unspecified atom stereocenters. The molecule has 138 valence electrons. The van der Waals surface area contributed by atoms with Crippen LogP contribution in [-0.4, -0.2) is 53.5 Å². The number of nitrogens with zero attached hydrogens (tertiary/aromatic N) is 3. The summed E-state index contributed by atoms with van der Waals surface area (Å²) in [5.41, 5.74) is 5.45. The first-order valence-electron chi connectivity index (χ1n) is 8.28. The van der Waals surface area contributed by atoms with Gasteiger partial charge in [-0.25, -0.2) is 13.4 Å². The van der Waals surface area contributed by atoms with E-state index in [2.05, 4.69) is 4.98 Å². The molecule has 1 aromatic carbocycles. The number of fused-ring (bicyclic) bond motifs is 1. The fourth-order valence-corrected chi connectivity index (χ4v) is 4.17. The summed E-state index contributed by atoms with van der Waals surface area (Å²) >= 11 is 0. The molecule has 2 N–H and O–H groups in total. The molecule has 0 saturated carbocycles. The van der Waals surface area contributed by atoms with Gasteiger partial charge in [-0.05, 0) is 12.1 Å². The summed E-state index contributed by atoms with van der Waals surface area (Å²) < 4.78 is 26.4. The zero-order valence-electron chi connectivity index (χ0n) is 14.2. The van der Waals surface area contributed by atoms with Crippen molar-refractivity contribution in [3.8, 4) is 0 Å². The second-order valence-corrected chi connectivity index (χ2v) is 8.22.